The molecule has 0 saturated carbocycles. The van der Waals surface area contributed by atoms with E-state index in [1.807, 2.05) is 0 Å². The summed E-state index contributed by atoms with van der Waals surface area (Å²) in [6, 6.07) is 34.3. The molecular formula is C40H48Si3. The molecule has 6 rings (SSSR count). The maximum atomic E-state index is 2.66. The van der Waals surface area contributed by atoms with Crippen molar-refractivity contribution >= 4 is 46.7 Å². The average molecular weight is 613 g/mol. The van der Waals surface area contributed by atoms with Crippen LogP contribution in [-0.4, -0.2) is 24.2 Å². The molecule has 220 valence electrons. The Morgan fingerprint density at radius 1 is 0.512 bits per heavy atom. The highest BCUT2D eigenvalue weighted by molar-refractivity contribution is 6.93. The van der Waals surface area contributed by atoms with Crippen LogP contribution in [0.3, 0.4) is 0 Å². The molecule has 0 atom stereocenters. The van der Waals surface area contributed by atoms with Gasteiger partial charge in [0.1, 0.15) is 8.07 Å². The molecule has 0 aromatic heterocycles. The van der Waals surface area contributed by atoms with Crippen molar-refractivity contribution in [3.05, 3.63) is 118 Å². The van der Waals surface area contributed by atoms with Crippen molar-refractivity contribution in [3.63, 3.8) is 0 Å². The van der Waals surface area contributed by atoms with Crippen molar-refractivity contribution in [2.45, 2.75) is 78.1 Å². The van der Waals surface area contributed by atoms with Crippen LogP contribution in [0.2, 0.25) is 51.9 Å². The van der Waals surface area contributed by atoms with E-state index in [1.165, 1.54) is 67.3 Å². The topological polar surface area (TPSA) is 0 Å². The lowest BCUT2D eigenvalue weighted by Gasteiger charge is -2.31. The smallest absolute Gasteiger partial charge is 0.0712 e. The van der Waals surface area contributed by atoms with E-state index in [1.54, 1.807) is 10.4 Å². The van der Waals surface area contributed by atoms with E-state index in [4.69, 9.17) is 0 Å². The summed E-state index contributed by atoms with van der Waals surface area (Å²) in [6.45, 7) is 19.6. The standard InChI is InChI=1S/C40H48Si3/c1-9-24-43(8,35-25-31-12-10-14-37(39(31)27-35)29-16-20-33(21-17-29)41(2,3)4)36-26-32-13-11-15-38(40(32)28-36)30-18-22-34(23-19-30)42(5,6)7/h10-23,27-28H,9,24-26H2,1-8H3. The zero-order chi connectivity index (χ0) is 30.6. The van der Waals surface area contributed by atoms with Gasteiger partial charge in [-0.05, 0) is 57.3 Å². The summed E-state index contributed by atoms with van der Waals surface area (Å²) >= 11 is 0. The maximum absolute atomic E-state index is 2.66. The van der Waals surface area contributed by atoms with Gasteiger partial charge in [-0.3, -0.25) is 0 Å². The van der Waals surface area contributed by atoms with Crippen LogP contribution in [0.4, 0.5) is 0 Å². The molecule has 0 amide bonds. The molecule has 2 aliphatic carbocycles. The first kappa shape index (κ1) is 30.1. The SMILES string of the molecule is CCC[Si](C)(C1=Cc2c(cccc2-c2ccc([Si](C)(C)C)cc2)C1)C1=Cc2c(cccc2-c2ccc([Si](C)(C)C)cc2)C1. The highest BCUT2D eigenvalue weighted by Crippen LogP contribution is 2.45. The van der Waals surface area contributed by atoms with Gasteiger partial charge in [-0.2, -0.15) is 0 Å². The molecule has 0 bridgehead atoms. The van der Waals surface area contributed by atoms with Gasteiger partial charge in [-0.25, -0.2) is 0 Å². The predicted molar refractivity (Wildman–Crippen MR) is 200 cm³/mol. The summed E-state index contributed by atoms with van der Waals surface area (Å²) in [6.07, 6.45) is 8.70. The Kier molecular flexibility index (Phi) is 7.81. The van der Waals surface area contributed by atoms with Gasteiger partial charge < -0.3 is 0 Å². The van der Waals surface area contributed by atoms with E-state index in [-0.39, 0.29) is 0 Å². The number of fused-ring (bicyclic) bond motifs is 2. The van der Waals surface area contributed by atoms with Gasteiger partial charge in [-0.1, -0.05) is 183 Å². The van der Waals surface area contributed by atoms with Crippen molar-refractivity contribution < 1.29 is 0 Å². The minimum Gasteiger partial charge on any atom is -0.0712 e. The van der Waals surface area contributed by atoms with Crippen LogP contribution in [0.15, 0.2) is 95.3 Å². The third-order valence-electron chi connectivity index (χ3n) is 10.1. The van der Waals surface area contributed by atoms with Crippen molar-refractivity contribution in [2.24, 2.45) is 0 Å². The third kappa shape index (κ3) is 5.68. The molecule has 0 heterocycles. The summed E-state index contributed by atoms with van der Waals surface area (Å²) in [5, 5.41) is 6.50. The number of benzene rings is 4. The van der Waals surface area contributed by atoms with E-state index < -0.39 is 24.2 Å². The molecule has 0 N–H and O–H groups in total. The Bertz CT molecular complexity index is 1600. The third-order valence-corrected chi connectivity index (χ3v) is 19.2. The number of hydrogen-bond acceptors (Lipinski definition) is 0. The lowest BCUT2D eigenvalue weighted by Crippen LogP contribution is -2.37. The van der Waals surface area contributed by atoms with Crippen molar-refractivity contribution in [1.82, 2.24) is 0 Å². The Balaban J connectivity index is 1.36. The Labute approximate surface area is 263 Å². The largest absolute Gasteiger partial charge is 0.106 e. The van der Waals surface area contributed by atoms with Crippen molar-refractivity contribution in [1.29, 1.82) is 0 Å². The Morgan fingerprint density at radius 3 is 1.26 bits per heavy atom. The fraction of sp³-hybridized carbons (Fsp3) is 0.300. The summed E-state index contributed by atoms with van der Waals surface area (Å²) in [7, 11) is -4.49. The summed E-state index contributed by atoms with van der Waals surface area (Å²) < 4.78 is 0. The zero-order valence-electron chi connectivity index (χ0n) is 27.6. The summed E-state index contributed by atoms with van der Waals surface area (Å²) in [5.74, 6) is 0. The molecule has 4 aromatic rings. The lowest BCUT2D eigenvalue weighted by molar-refractivity contribution is 1.03. The minimum absolute atomic E-state index is 1.11. The van der Waals surface area contributed by atoms with Crippen LogP contribution in [0.1, 0.15) is 35.6 Å². The van der Waals surface area contributed by atoms with Crippen LogP contribution in [0.25, 0.3) is 34.4 Å². The molecule has 0 radical (unpaired) electrons. The second-order valence-electron chi connectivity index (χ2n) is 15.2. The van der Waals surface area contributed by atoms with Crippen molar-refractivity contribution in [2.75, 3.05) is 0 Å². The normalized spacial score (nSPS) is 14.8. The van der Waals surface area contributed by atoms with E-state index in [9.17, 15) is 0 Å². The predicted octanol–water partition coefficient (Wildman–Crippen LogP) is 10.3. The van der Waals surface area contributed by atoms with Gasteiger partial charge in [0.05, 0.1) is 16.1 Å². The molecular weight excluding hydrogens is 565 g/mol. The van der Waals surface area contributed by atoms with Gasteiger partial charge in [0.15, 0.2) is 0 Å². The van der Waals surface area contributed by atoms with Crippen LogP contribution in [0.5, 0.6) is 0 Å². The van der Waals surface area contributed by atoms with Gasteiger partial charge in [0.2, 0.25) is 0 Å². The van der Waals surface area contributed by atoms with Crippen LogP contribution >= 0.6 is 0 Å². The first-order chi connectivity index (χ1) is 20.4. The van der Waals surface area contributed by atoms with E-state index >= 15 is 0 Å². The van der Waals surface area contributed by atoms with Gasteiger partial charge in [0.25, 0.3) is 0 Å². The Morgan fingerprint density at radius 2 is 0.907 bits per heavy atom. The highest BCUT2D eigenvalue weighted by Gasteiger charge is 2.39. The zero-order valence-corrected chi connectivity index (χ0v) is 30.6. The molecule has 0 fully saturated rings. The quantitative estimate of drug-likeness (QED) is 0.174. The number of allylic oxidation sites excluding steroid dienone is 2. The molecule has 4 aromatic carbocycles. The van der Waals surface area contributed by atoms with Crippen LogP contribution in [-0.2, 0) is 12.8 Å². The first-order valence-electron chi connectivity index (χ1n) is 16.3. The molecule has 0 spiro atoms. The summed E-state index contributed by atoms with van der Waals surface area (Å²) in [5.41, 5.74) is 11.5. The lowest BCUT2D eigenvalue weighted by atomic mass is 9.97. The molecule has 43 heavy (non-hydrogen) atoms. The fourth-order valence-corrected chi connectivity index (χ4v) is 13.8. The molecule has 0 nitrogen and oxygen atoms in total. The van der Waals surface area contributed by atoms with Gasteiger partial charge >= 0.3 is 0 Å². The van der Waals surface area contributed by atoms with E-state index in [2.05, 4.69) is 150 Å². The van der Waals surface area contributed by atoms with Gasteiger partial charge in [0, 0.05) is 0 Å². The Hall–Kier alpha value is -2.99. The monoisotopic (exact) mass is 612 g/mol. The molecule has 3 heteroatoms. The van der Waals surface area contributed by atoms with Gasteiger partial charge in [-0.15, -0.1) is 0 Å². The molecule has 0 aliphatic heterocycles. The van der Waals surface area contributed by atoms with Crippen molar-refractivity contribution in [3.8, 4) is 22.3 Å². The van der Waals surface area contributed by atoms with Crippen LogP contribution < -0.4 is 10.4 Å². The average Bonchev–Trinajstić information content (AvgIpc) is 3.62. The van der Waals surface area contributed by atoms with Crippen LogP contribution in [0, 0.1) is 0 Å². The maximum Gasteiger partial charge on any atom is 0.106 e. The second kappa shape index (κ2) is 11.2. The minimum atomic E-state index is -1.86. The second-order valence-corrected chi connectivity index (χ2v) is 29.8. The number of rotatable bonds is 8. The summed E-state index contributed by atoms with van der Waals surface area (Å²) in [4.78, 5) is 0. The molecule has 0 unspecified atom stereocenters. The van der Waals surface area contributed by atoms with E-state index in [0.717, 1.165) is 12.8 Å². The molecule has 2 aliphatic rings. The first-order valence-corrected chi connectivity index (χ1v) is 26.0. The van der Waals surface area contributed by atoms with E-state index in [0.29, 0.717) is 0 Å². The highest BCUT2D eigenvalue weighted by atomic mass is 28.3. The molecule has 0 saturated heterocycles. The fourth-order valence-electron chi connectivity index (χ4n) is 7.28. The number of hydrogen-bond donors (Lipinski definition) is 0.